The van der Waals surface area contributed by atoms with Crippen LogP contribution in [0.25, 0.3) is 22.4 Å². The number of carbonyl (C=O) groups excluding carboxylic acids is 2. The van der Waals surface area contributed by atoms with Crippen molar-refractivity contribution in [3.63, 3.8) is 0 Å². The van der Waals surface area contributed by atoms with Crippen LogP contribution in [0.15, 0.2) is 65.3 Å². The normalized spacial score (nSPS) is 10.9. The lowest BCUT2D eigenvalue weighted by atomic mass is 10.2. The second-order valence-corrected chi connectivity index (χ2v) is 7.48. The van der Waals surface area contributed by atoms with Crippen molar-refractivity contribution in [3.05, 3.63) is 76.7 Å². The van der Waals surface area contributed by atoms with E-state index in [-0.39, 0.29) is 37.2 Å². The molecule has 2 heterocycles. The predicted octanol–water partition coefficient (Wildman–Crippen LogP) is 4.15. The van der Waals surface area contributed by atoms with E-state index in [2.05, 4.69) is 15.6 Å². The Morgan fingerprint density at radius 3 is 2.58 bits per heavy atom. The van der Waals surface area contributed by atoms with Gasteiger partial charge in [0.25, 0.3) is 5.91 Å². The Morgan fingerprint density at radius 2 is 1.77 bits per heavy atom. The number of halogens is 2. The van der Waals surface area contributed by atoms with E-state index in [1.54, 1.807) is 28.8 Å². The zero-order valence-corrected chi connectivity index (χ0v) is 17.8. The van der Waals surface area contributed by atoms with E-state index >= 15 is 0 Å². The highest BCUT2D eigenvalue weighted by Crippen LogP contribution is 2.34. The molecule has 4 rings (SSSR count). The predicted molar refractivity (Wildman–Crippen MR) is 119 cm³/mol. The van der Waals surface area contributed by atoms with Gasteiger partial charge in [0.15, 0.2) is 5.76 Å². The fourth-order valence-electron chi connectivity index (χ4n) is 3.19. The maximum absolute atomic E-state index is 12.6. The second-order valence-electron chi connectivity index (χ2n) is 6.69. The Bertz CT molecular complexity index is 1240. The standard InChI is InChI=1S/C22H18Cl2N4O3/c23-15-6-3-5-14(20(15)24)21-27-16-7-1-2-8-17(16)28(21)13-19(29)25-10-11-26-22(30)18-9-4-12-31-18/h1-9,12H,10-11,13H2,(H,25,29)(H,26,30). The molecule has 0 fully saturated rings. The molecular weight excluding hydrogens is 439 g/mol. The fourth-order valence-corrected chi connectivity index (χ4v) is 3.58. The summed E-state index contributed by atoms with van der Waals surface area (Å²) in [6.45, 7) is 0.568. The van der Waals surface area contributed by atoms with Crippen molar-refractivity contribution in [1.29, 1.82) is 0 Å². The van der Waals surface area contributed by atoms with Gasteiger partial charge in [-0.3, -0.25) is 9.59 Å². The van der Waals surface area contributed by atoms with E-state index < -0.39 is 0 Å². The van der Waals surface area contributed by atoms with Gasteiger partial charge >= 0.3 is 0 Å². The summed E-state index contributed by atoms with van der Waals surface area (Å²) >= 11 is 12.6. The summed E-state index contributed by atoms with van der Waals surface area (Å²) in [7, 11) is 0. The lowest BCUT2D eigenvalue weighted by molar-refractivity contribution is -0.121. The molecule has 4 aromatic rings. The summed E-state index contributed by atoms with van der Waals surface area (Å²) in [6.07, 6.45) is 1.43. The number of hydrogen-bond acceptors (Lipinski definition) is 4. The number of amides is 2. The number of fused-ring (bicyclic) bond motifs is 1. The Morgan fingerprint density at radius 1 is 0.968 bits per heavy atom. The minimum atomic E-state index is -0.335. The first kappa shape index (κ1) is 21.0. The quantitative estimate of drug-likeness (QED) is 0.408. The highest BCUT2D eigenvalue weighted by atomic mass is 35.5. The van der Waals surface area contributed by atoms with Crippen LogP contribution in [0.2, 0.25) is 10.0 Å². The third-order valence-electron chi connectivity index (χ3n) is 4.63. The van der Waals surface area contributed by atoms with Gasteiger partial charge in [-0.25, -0.2) is 4.98 Å². The van der Waals surface area contributed by atoms with Crippen molar-refractivity contribution in [2.24, 2.45) is 0 Å². The fraction of sp³-hybridized carbons (Fsp3) is 0.136. The van der Waals surface area contributed by atoms with Gasteiger partial charge in [0.2, 0.25) is 5.91 Å². The molecular formula is C22H18Cl2N4O3. The number of furan rings is 1. The van der Waals surface area contributed by atoms with Gasteiger partial charge in [-0.2, -0.15) is 0 Å². The molecule has 0 saturated heterocycles. The highest BCUT2D eigenvalue weighted by molar-refractivity contribution is 6.43. The Balaban J connectivity index is 1.48. The summed E-state index contributed by atoms with van der Waals surface area (Å²) in [5.74, 6) is 0.210. The van der Waals surface area contributed by atoms with Crippen LogP contribution < -0.4 is 10.6 Å². The third kappa shape index (κ3) is 4.57. The van der Waals surface area contributed by atoms with Crippen molar-refractivity contribution in [1.82, 2.24) is 20.2 Å². The van der Waals surface area contributed by atoms with E-state index in [1.807, 2.05) is 30.3 Å². The van der Waals surface area contributed by atoms with E-state index in [0.717, 1.165) is 11.0 Å². The van der Waals surface area contributed by atoms with E-state index in [0.29, 0.717) is 21.4 Å². The van der Waals surface area contributed by atoms with Gasteiger partial charge in [-0.15, -0.1) is 0 Å². The van der Waals surface area contributed by atoms with E-state index in [1.165, 1.54) is 6.26 Å². The molecule has 2 N–H and O–H groups in total. The zero-order chi connectivity index (χ0) is 21.8. The molecule has 0 bridgehead atoms. The average Bonchev–Trinajstić information content (AvgIpc) is 3.42. The number of nitrogens with zero attached hydrogens (tertiary/aromatic N) is 2. The van der Waals surface area contributed by atoms with E-state index in [9.17, 15) is 9.59 Å². The van der Waals surface area contributed by atoms with Crippen LogP contribution in [-0.4, -0.2) is 34.5 Å². The molecule has 0 radical (unpaired) electrons. The molecule has 0 aliphatic heterocycles. The lowest BCUT2D eigenvalue weighted by Crippen LogP contribution is -2.36. The molecule has 9 heteroatoms. The third-order valence-corrected chi connectivity index (χ3v) is 5.45. The first-order valence-corrected chi connectivity index (χ1v) is 10.3. The number of imidazole rings is 1. The lowest BCUT2D eigenvalue weighted by Gasteiger charge is -2.12. The van der Waals surface area contributed by atoms with Crippen molar-refractivity contribution in [3.8, 4) is 11.4 Å². The van der Waals surface area contributed by atoms with Gasteiger partial charge in [0, 0.05) is 18.7 Å². The first-order valence-electron chi connectivity index (χ1n) is 9.52. The molecule has 2 amide bonds. The number of para-hydroxylation sites is 2. The molecule has 0 aliphatic carbocycles. The van der Waals surface area contributed by atoms with Crippen LogP contribution in [0.4, 0.5) is 0 Å². The number of benzene rings is 2. The highest BCUT2D eigenvalue weighted by Gasteiger charge is 2.18. The molecule has 2 aromatic heterocycles. The molecule has 2 aromatic carbocycles. The van der Waals surface area contributed by atoms with Gasteiger partial charge in [-0.1, -0.05) is 41.4 Å². The zero-order valence-electron chi connectivity index (χ0n) is 16.3. The molecule has 31 heavy (non-hydrogen) atoms. The summed E-state index contributed by atoms with van der Waals surface area (Å²) in [5.41, 5.74) is 2.19. The van der Waals surface area contributed by atoms with E-state index in [4.69, 9.17) is 27.6 Å². The number of rotatable bonds is 7. The number of nitrogens with one attached hydrogen (secondary N) is 2. The number of carbonyl (C=O) groups is 2. The Kier molecular flexibility index (Phi) is 6.25. The summed E-state index contributed by atoms with van der Waals surface area (Å²) in [6, 6.07) is 16.0. The van der Waals surface area contributed by atoms with Crippen LogP contribution in [0.5, 0.6) is 0 Å². The summed E-state index contributed by atoms with van der Waals surface area (Å²) in [4.78, 5) is 29.1. The van der Waals surface area contributed by atoms with Gasteiger partial charge in [0.1, 0.15) is 12.4 Å². The number of aromatic nitrogens is 2. The summed E-state index contributed by atoms with van der Waals surface area (Å²) in [5, 5.41) is 6.27. The van der Waals surface area contributed by atoms with Crippen molar-refractivity contribution in [2.75, 3.05) is 13.1 Å². The molecule has 0 atom stereocenters. The topological polar surface area (TPSA) is 89.2 Å². The van der Waals surface area contributed by atoms with Gasteiger partial charge in [0.05, 0.1) is 27.3 Å². The van der Waals surface area contributed by atoms with Crippen molar-refractivity contribution in [2.45, 2.75) is 6.54 Å². The monoisotopic (exact) mass is 456 g/mol. The molecule has 158 valence electrons. The van der Waals surface area contributed by atoms with Crippen LogP contribution in [0, 0.1) is 0 Å². The second kappa shape index (κ2) is 9.24. The smallest absolute Gasteiger partial charge is 0.287 e. The molecule has 0 spiro atoms. The largest absolute Gasteiger partial charge is 0.459 e. The van der Waals surface area contributed by atoms with Crippen molar-refractivity contribution >= 4 is 46.0 Å². The Labute approximate surface area is 188 Å². The minimum absolute atomic E-state index is 0.0326. The summed E-state index contributed by atoms with van der Waals surface area (Å²) < 4.78 is 6.82. The minimum Gasteiger partial charge on any atom is -0.459 e. The average molecular weight is 457 g/mol. The van der Waals surface area contributed by atoms with Crippen LogP contribution >= 0.6 is 23.2 Å². The molecule has 0 saturated carbocycles. The Hall–Kier alpha value is -3.29. The van der Waals surface area contributed by atoms with Crippen LogP contribution in [-0.2, 0) is 11.3 Å². The molecule has 0 unspecified atom stereocenters. The SMILES string of the molecule is O=C(Cn1c(-c2cccc(Cl)c2Cl)nc2ccccc21)NCCNC(=O)c1ccco1. The van der Waals surface area contributed by atoms with Gasteiger partial charge in [-0.05, 0) is 36.4 Å². The van der Waals surface area contributed by atoms with Crippen molar-refractivity contribution < 1.29 is 14.0 Å². The molecule has 7 nitrogen and oxygen atoms in total. The van der Waals surface area contributed by atoms with Crippen LogP contribution in [0.3, 0.4) is 0 Å². The first-order chi connectivity index (χ1) is 15.0. The molecule has 0 aliphatic rings. The maximum Gasteiger partial charge on any atom is 0.287 e. The number of hydrogen-bond donors (Lipinski definition) is 2. The van der Waals surface area contributed by atoms with Gasteiger partial charge < -0.3 is 19.6 Å². The maximum atomic E-state index is 12.6. The van der Waals surface area contributed by atoms with Crippen LogP contribution in [0.1, 0.15) is 10.6 Å².